The fraction of sp³-hybridized carbons (Fsp3) is 0.273. The number of rotatable bonds is 6. The van der Waals surface area contributed by atoms with Gasteiger partial charge in [-0.1, -0.05) is 23.8 Å². The molecular formula is C22H24F2N2O2. The van der Waals surface area contributed by atoms with Gasteiger partial charge >= 0.3 is 0 Å². The minimum Gasteiger partial charge on any atom is -0.472 e. The molecule has 28 heavy (non-hydrogen) atoms. The third-order valence-electron chi connectivity index (χ3n) is 4.51. The molecule has 1 aromatic heterocycles. The second-order valence-corrected chi connectivity index (χ2v) is 6.51. The first-order valence-corrected chi connectivity index (χ1v) is 8.88. The molecule has 0 aliphatic rings. The number of ether oxygens (including phenoxy) is 1. The Kier molecular flexibility index (Phi) is 7.04. The summed E-state index contributed by atoms with van der Waals surface area (Å²) >= 11 is 0. The average Bonchev–Trinajstić information content (AvgIpc) is 2.67. The van der Waals surface area contributed by atoms with E-state index in [9.17, 15) is 13.6 Å². The molecule has 0 aliphatic carbocycles. The van der Waals surface area contributed by atoms with Crippen molar-refractivity contribution in [1.82, 2.24) is 9.55 Å². The Labute approximate surface area is 163 Å². The molecule has 1 aromatic carbocycles. The minimum atomic E-state index is -0.705. The summed E-state index contributed by atoms with van der Waals surface area (Å²) in [4.78, 5) is 16.9. The molecule has 0 saturated heterocycles. The Balaban J connectivity index is 2.27. The number of hydrogen-bond acceptors (Lipinski definition) is 3. The van der Waals surface area contributed by atoms with Crippen molar-refractivity contribution in [3.63, 3.8) is 0 Å². The number of benzene rings is 1. The van der Waals surface area contributed by atoms with Gasteiger partial charge < -0.3 is 4.74 Å². The van der Waals surface area contributed by atoms with E-state index in [2.05, 4.69) is 4.98 Å². The van der Waals surface area contributed by atoms with Crippen LogP contribution in [-0.2, 0) is 6.61 Å². The summed E-state index contributed by atoms with van der Waals surface area (Å²) in [5.74, 6) is -1.24. The van der Waals surface area contributed by atoms with E-state index in [1.54, 1.807) is 6.92 Å². The molecular weight excluding hydrogens is 362 g/mol. The van der Waals surface area contributed by atoms with Crippen LogP contribution < -0.4 is 10.3 Å². The van der Waals surface area contributed by atoms with Crippen LogP contribution in [0.4, 0.5) is 8.78 Å². The molecule has 6 heteroatoms. The van der Waals surface area contributed by atoms with Gasteiger partial charge in [0.2, 0.25) is 5.88 Å². The molecule has 1 heterocycles. The standard InChI is InChI=1S/C22H24F2N2O2/c1-6-14(2)7-8-15(3)17(5)26-13-25-21(16(4)22(26)27)28-12-18-9-10-19(23)11-20(18)24/h6-11,13H,12H2,1-5H3/b8-7-,14-6-,17-15+. The van der Waals surface area contributed by atoms with E-state index in [1.165, 1.54) is 17.0 Å². The lowest BCUT2D eigenvalue weighted by atomic mass is 10.1. The van der Waals surface area contributed by atoms with Gasteiger partial charge in [-0.15, -0.1) is 0 Å². The molecule has 0 N–H and O–H groups in total. The highest BCUT2D eigenvalue weighted by atomic mass is 19.1. The van der Waals surface area contributed by atoms with E-state index < -0.39 is 11.6 Å². The highest BCUT2D eigenvalue weighted by molar-refractivity contribution is 5.52. The van der Waals surface area contributed by atoms with E-state index >= 15 is 0 Å². The van der Waals surface area contributed by atoms with E-state index in [4.69, 9.17) is 4.74 Å². The number of halogens is 2. The Hall–Kier alpha value is -3.02. The predicted molar refractivity (Wildman–Crippen MR) is 107 cm³/mol. The van der Waals surface area contributed by atoms with E-state index in [-0.39, 0.29) is 23.6 Å². The zero-order chi connectivity index (χ0) is 20.8. The molecule has 0 amide bonds. The van der Waals surface area contributed by atoms with E-state index in [0.717, 1.165) is 29.0 Å². The summed E-state index contributed by atoms with van der Waals surface area (Å²) in [5.41, 5.74) is 3.01. The fourth-order valence-corrected chi connectivity index (χ4v) is 2.36. The highest BCUT2D eigenvalue weighted by Crippen LogP contribution is 2.17. The van der Waals surface area contributed by atoms with Crippen molar-refractivity contribution in [3.8, 4) is 5.88 Å². The van der Waals surface area contributed by atoms with Gasteiger partial charge in [0, 0.05) is 17.3 Å². The van der Waals surface area contributed by atoms with Gasteiger partial charge in [0.25, 0.3) is 5.56 Å². The maximum absolute atomic E-state index is 13.7. The van der Waals surface area contributed by atoms with Gasteiger partial charge in [0.1, 0.15) is 24.6 Å². The number of hydrogen-bond donors (Lipinski definition) is 0. The van der Waals surface area contributed by atoms with Crippen molar-refractivity contribution in [2.75, 3.05) is 0 Å². The van der Waals surface area contributed by atoms with Crippen LogP contribution >= 0.6 is 0 Å². The third-order valence-corrected chi connectivity index (χ3v) is 4.51. The first kappa shape index (κ1) is 21.3. The smallest absolute Gasteiger partial charge is 0.264 e. The molecule has 0 spiro atoms. The van der Waals surface area contributed by atoms with Gasteiger partial charge in [-0.05, 0) is 52.3 Å². The first-order valence-electron chi connectivity index (χ1n) is 8.88. The van der Waals surface area contributed by atoms with Crippen molar-refractivity contribution in [1.29, 1.82) is 0 Å². The summed E-state index contributed by atoms with van der Waals surface area (Å²) in [6.45, 7) is 9.15. The van der Waals surface area contributed by atoms with Gasteiger partial charge in [-0.3, -0.25) is 9.36 Å². The van der Waals surface area contributed by atoms with E-state index in [1.807, 2.05) is 45.9 Å². The summed E-state index contributed by atoms with van der Waals surface area (Å²) in [6.07, 6.45) is 7.29. The Morgan fingerprint density at radius 1 is 1.21 bits per heavy atom. The van der Waals surface area contributed by atoms with Crippen molar-refractivity contribution in [2.45, 2.75) is 41.2 Å². The molecule has 0 aliphatic heterocycles. The SMILES string of the molecule is C\C=C(C)/C=C\C(C)=C(/C)n1cnc(OCc2ccc(F)cc2F)c(C)c1=O. The largest absolute Gasteiger partial charge is 0.472 e. The maximum atomic E-state index is 13.7. The van der Waals surface area contributed by atoms with Crippen LogP contribution in [-0.4, -0.2) is 9.55 Å². The number of aromatic nitrogens is 2. The molecule has 0 atom stereocenters. The Morgan fingerprint density at radius 2 is 1.93 bits per heavy atom. The third kappa shape index (κ3) is 5.03. The molecule has 4 nitrogen and oxygen atoms in total. The molecule has 2 aromatic rings. The minimum absolute atomic E-state index is 0.121. The van der Waals surface area contributed by atoms with Gasteiger partial charge in [0.15, 0.2) is 0 Å². The summed E-state index contributed by atoms with van der Waals surface area (Å²) in [7, 11) is 0. The molecule has 0 fully saturated rings. The first-order chi connectivity index (χ1) is 13.2. The van der Waals surface area contributed by atoms with Gasteiger partial charge in [-0.25, -0.2) is 13.8 Å². The Bertz CT molecular complexity index is 1020. The summed E-state index contributed by atoms with van der Waals surface area (Å²) < 4.78 is 33.6. The van der Waals surface area contributed by atoms with Crippen LogP contribution in [0.5, 0.6) is 5.88 Å². The molecule has 2 rings (SSSR count). The van der Waals surface area contributed by atoms with Gasteiger partial charge in [0.05, 0.1) is 5.56 Å². The van der Waals surface area contributed by atoms with Crippen LogP contribution in [0, 0.1) is 18.6 Å². The zero-order valence-electron chi connectivity index (χ0n) is 16.7. The van der Waals surface area contributed by atoms with Crippen LogP contribution in [0.15, 0.2) is 58.7 Å². The fourth-order valence-electron chi connectivity index (χ4n) is 2.36. The summed E-state index contributed by atoms with van der Waals surface area (Å²) in [6, 6.07) is 3.24. The number of allylic oxidation sites excluding steroid dienone is 6. The lowest BCUT2D eigenvalue weighted by Gasteiger charge is -2.12. The van der Waals surface area contributed by atoms with Crippen molar-refractivity contribution >= 4 is 5.70 Å². The van der Waals surface area contributed by atoms with E-state index in [0.29, 0.717) is 5.56 Å². The lowest BCUT2D eigenvalue weighted by Crippen LogP contribution is -2.23. The van der Waals surface area contributed by atoms with Crippen LogP contribution in [0.2, 0.25) is 0 Å². The second-order valence-electron chi connectivity index (χ2n) is 6.51. The van der Waals surface area contributed by atoms with Crippen LogP contribution in [0.25, 0.3) is 5.70 Å². The average molecular weight is 386 g/mol. The highest BCUT2D eigenvalue weighted by Gasteiger charge is 2.12. The van der Waals surface area contributed by atoms with Gasteiger partial charge in [-0.2, -0.15) is 0 Å². The molecule has 148 valence electrons. The predicted octanol–water partition coefficient (Wildman–Crippen LogP) is 5.18. The zero-order valence-corrected chi connectivity index (χ0v) is 16.7. The van der Waals surface area contributed by atoms with Crippen LogP contribution in [0.3, 0.4) is 0 Å². The molecule has 0 bridgehead atoms. The molecule has 0 unspecified atom stereocenters. The van der Waals surface area contributed by atoms with Crippen molar-refractivity contribution < 1.29 is 13.5 Å². The van der Waals surface area contributed by atoms with Crippen molar-refractivity contribution in [2.24, 2.45) is 0 Å². The molecule has 0 radical (unpaired) electrons. The maximum Gasteiger partial charge on any atom is 0.264 e. The number of nitrogens with zero attached hydrogens (tertiary/aromatic N) is 2. The summed E-state index contributed by atoms with van der Waals surface area (Å²) in [5, 5.41) is 0. The normalized spacial score (nSPS) is 13.0. The second kappa shape index (κ2) is 9.26. The van der Waals surface area contributed by atoms with Crippen molar-refractivity contribution in [3.05, 3.63) is 87.0 Å². The Morgan fingerprint density at radius 3 is 2.57 bits per heavy atom. The van der Waals surface area contributed by atoms with Crippen LogP contribution in [0.1, 0.15) is 38.8 Å². The molecule has 0 saturated carbocycles. The topological polar surface area (TPSA) is 44.1 Å². The lowest BCUT2D eigenvalue weighted by molar-refractivity contribution is 0.284. The quantitative estimate of drug-likeness (QED) is 0.643. The monoisotopic (exact) mass is 386 g/mol.